The lowest BCUT2D eigenvalue weighted by molar-refractivity contribution is 0.627. The van der Waals surface area contributed by atoms with Gasteiger partial charge in [0.1, 0.15) is 5.82 Å². The molecule has 1 nitrogen and oxygen atoms in total. The van der Waals surface area contributed by atoms with Gasteiger partial charge in [-0.1, -0.05) is 110 Å². The van der Waals surface area contributed by atoms with Crippen LogP contribution in [-0.4, -0.2) is 5.71 Å². The van der Waals surface area contributed by atoms with Crippen molar-refractivity contribution >= 4 is 11.3 Å². The summed E-state index contributed by atoms with van der Waals surface area (Å²) in [5, 5.41) is 0. The summed E-state index contributed by atoms with van der Waals surface area (Å²) in [5.74, 6) is -0.246. The van der Waals surface area contributed by atoms with E-state index in [1.165, 1.54) is 12.1 Å². The number of benzene rings is 4. The molecule has 0 aliphatic rings. The van der Waals surface area contributed by atoms with Gasteiger partial charge in [-0.2, -0.15) is 0 Å². The van der Waals surface area contributed by atoms with E-state index < -0.39 is 0 Å². The van der Waals surface area contributed by atoms with Crippen molar-refractivity contribution in [3.63, 3.8) is 0 Å². The van der Waals surface area contributed by atoms with E-state index in [9.17, 15) is 4.39 Å². The van der Waals surface area contributed by atoms with Crippen LogP contribution in [0.4, 0.5) is 4.39 Å². The molecule has 0 saturated carbocycles. The molecule has 0 N–H and O–H groups in total. The number of hydrogen-bond acceptors (Lipinski definition) is 1. The van der Waals surface area contributed by atoms with E-state index in [2.05, 4.69) is 43.0 Å². The lowest BCUT2D eigenvalue weighted by Crippen LogP contribution is -2.08. The van der Waals surface area contributed by atoms with Crippen LogP contribution in [0.1, 0.15) is 34.7 Å². The third-order valence-corrected chi connectivity index (χ3v) is 5.26. The molecule has 0 aliphatic carbocycles. The average Bonchev–Trinajstić information content (AvgIpc) is 2.83. The van der Waals surface area contributed by atoms with Crippen LogP contribution in [-0.2, 0) is 0 Å². The van der Waals surface area contributed by atoms with E-state index in [0.29, 0.717) is 6.42 Å². The molecule has 152 valence electrons. The van der Waals surface area contributed by atoms with Gasteiger partial charge >= 0.3 is 0 Å². The fraction of sp³-hybridized carbons (Fsp3) is 0.0690. The summed E-state index contributed by atoms with van der Waals surface area (Å²) in [5.41, 5.74) is 6.07. The van der Waals surface area contributed by atoms with Gasteiger partial charge in [0.2, 0.25) is 0 Å². The normalized spacial score (nSPS) is 11.5. The molecule has 4 aromatic carbocycles. The topological polar surface area (TPSA) is 12.4 Å². The van der Waals surface area contributed by atoms with Gasteiger partial charge in [-0.25, -0.2) is 4.39 Å². The molecule has 1 atom stereocenters. The van der Waals surface area contributed by atoms with E-state index in [0.717, 1.165) is 33.5 Å². The van der Waals surface area contributed by atoms with Gasteiger partial charge in [0, 0.05) is 11.1 Å². The van der Waals surface area contributed by atoms with E-state index in [-0.39, 0.29) is 11.9 Å². The molecular formula is C29H24FN. The number of aliphatic imine (C=N–C) groups is 1. The lowest BCUT2D eigenvalue weighted by atomic mass is 9.94. The van der Waals surface area contributed by atoms with Crippen molar-refractivity contribution in [1.82, 2.24) is 0 Å². The minimum absolute atomic E-state index is 0.117. The molecule has 0 spiro atoms. The summed E-state index contributed by atoms with van der Waals surface area (Å²) in [6.07, 6.45) is 0.638. The van der Waals surface area contributed by atoms with E-state index in [1.54, 1.807) is 12.1 Å². The van der Waals surface area contributed by atoms with Crippen LogP contribution < -0.4 is 0 Å². The smallest absolute Gasteiger partial charge is 0.123 e. The molecular weight excluding hydrogens is 381 g/mol. The third kappa shape index (κ3) is 5.23. The van der Waals surface area contributed by atoms with Crippen LogP contribution in [0.5, 0.6) is 0 Å². The van der Waals surface area contributed by atoms with Gasteiger partial charge < -0.3 is 0 Å². The summed E-state index contributed by atoms with van der Waals surface area (Å²) in [7, 11) is 0. The molecule has 0 heterocycles. The van der Waals surface area contributed by atoms with Crippen LogP contribution in [0.3, 0.4) is 0 Å². The Morgan fingerprint density at radius 2 is 1.13 bits per heavy atom. The summed E-state index contributed by atoms with van der Waals surface area (Å²) in [4.78, 5) is 5.25. The average molecular weight is 406 g/mol. The molecule has 0 radical (unpaired) electrons. The van der Waals surface area contributed by atoms with E-state index in [4.69, 9.17) is 4.99 Å². The van der Waals surface area contributed by atoms with Crippen molar-refractivity contribution in [2.24, 2.45) is 4.99 Å². The predicted molar refractivity (Wildman–Crippen MR) is 128 cm³/mol. The second kappa shape index (κ2) is 9.82. The molecule has 0 bridgehead atoms. The zero-order valence-corrected chi connectivity index (χ0v) is 17.3. The summed E-state index contributed by atoms with van der Waals surface area (Å²) < 4.78 is 13.4. The molecule has 0 aliphatic heterocycles. The molecule has 0 saturated heterocycles. The Labute approximate surface area is 183 Å². The Morgan fingerprint density at radius 1 is 0.645 bits per heavy atom. The van der Waals surface area contributed by atoms with Crippen LogP contribution in [0, 0.1) is 5.82 Å². The first-order valence-electron chi connectivity index (χ1n) is 10.4. The third-order valence-electron chi connectivity index (χ3n) is 5.26. The molecule has 0 fully saturated rings. The van der Waals surface area contributed by atoms with Gasteiger partial charge in [0.05, 0.1) is 11.8 Å². The first kappa shape index (κ1) is 20.5. The number of nitrogens with zero attached hydrogens (tertiary/aromatic N) is 1. The molecule has 2 heteroatoms. The number of halogens is 1. The Kier molecular flexibility index (Phi) is 6.49. The Hall–Kier alpha value is -3.78. The minimum atomic E-state index is -0.246. The first-order chi connectivity index (χ1) is 15.2. The highest BCUT2D eigenvalue weighted by Gasteiger charge is 2.16. The van der Waals surface area contributed by atoms with Crippen molar-refractivity contribution in [2.75, 3.05) is 0 Å². The second-order valence-electron chi connectivity index (χ2n) is 7.45. The van der Waals surface area contributed by atoms with Gasteiger partial charge in [-0.15, -0.1) is 0 Å². The van der Waals surface area contributed by atoms with Gasteiger partial charge in [-0.3, -0.25) is 4.99 Å². The molecule has 31 heavy (non-hydrogen) atoms. The Morgan fingerprint density at radius 3 is 1.65 bits per heavy atom. The fourth-order valence-electron chi connectivity index (χ4n) is 3.61. The second-order valence-corrected chi connectivity index (χ2v) is 7.45. The SMILES string of the molecule is C=C(CC(N=C(c1ccccc1)c1ccccc1)c1ccccc1)c1ccc(F)cc1. The Balaban J connectivity index is 1.77. The monoisotopic (exact) mass is 405 g/mol. The lowest BCUT2D eigenvalue weighted by Gasteiger charge is -2.18. The van der Waals surface area contributed by atoms with Crippen LogP contribution in [0.15, 0.2) is 127 Å². The van der Waals surface area contributed by atoms with Gasteiger partial charge in [-0.05, 0) is 35.3 Å². The van der Waals surface area contributed by atoms with E-state index >= 15 is 0 Å². The zero-order chi connectivity index (χ0) is 21.5. The zero-order valence-electron chi connectivity index (χ0n) is 17.3. The maximum atomic E-state index is 13.4. The maximum Gasteiger partial charge on any atom is 0.123 e. The quantitative estimate of drug-likeness (QED) is 0.282. The number of hydrogen-bond donors (Lipinski definition) is 0. The molecule has 1 unspecified atom stereocenters. The van der Waals surface area contributed by atoms with Crippen LogP contribution >= 0.6 is 0 Å². The molecule has 4 rings (SSSR count). The van der Waals surface area contributed by atoms with E-state index in [1.807, 2.05) is 54.6 Å². The molecule has 0 aromatic heterocycles. The Bertz CT molecular complexity index is 1110. The molecule has 4 aromatic rings. The van der Waals surface area contributed by atoms with Gasteiger partial charge in [0.25, 0.3) is 0 Å². The highest BCUT2D eigenvalue weighted by atomic mass is 19.1. The van der Waals surface area contributed by atoms with Gasteiger partial charge in [0.15, 0.2) is 0 Å². The minimum Gasteiger partial charge on any atom is -0.276 e. The summed E-state index contributed by atoms with van der Waals surface area (Å²) >= 11 is 0. The standard InChI is InChI=1S/C29H24FN/c1-22(23-17-19-27(30)20-18-23)21-28(24-11-5-2-6-12-24)31-29(25-13-7-3-8-14-25)26-15-9-4-10-16-26/h2-20,28H,1,21H2. The van der Waals surface area contributed by atoms with Crippen molar-refractivity contribution in [2.45, 2.75) is 12.5 Å². The highest BCUT2D eigenvalue weighted by molar-refractivity contribution is 6.13. The summed E-state index contributed by atoms with van der Waals surface area (Å²) in [6, 6.07) is 37.1. The molecule has 0 amide bonds. The largest absolute Gasteiger partial charge is 0.276 e. The highest BCUT2D eigenvalue weighted by Crippen LogP contribution is 2.31. The first-order valence-corrected chi connectivity index (χ1v) is 10.4. The van der Waals surface area contributed by atoms with Crippen molar-refractivity contribution < 1.29 is 4.39 Å². The summed E-state index contributed by atoms with van der Waals surface area (Å²) in [6.45, 7) is 4.28. The van der Waals surface area contributed by atoms with Crippen molar-refractivity contribution in [3.05, 3.63) is 150 Å². The van der Waals surface area contributed by atoms with Crippen molar-refractivity contribution in [1.29, 1.82) is 0 Å². The van der Waals surface area contributed by atoms with Crippen LogP contribution in [0.25, 0.3) is 5.57 Å². The maximum absolute atomic E-state index is 13.4. The van der Waals surface area contributed by atoms with Crippen LogP contribution in [0.2, 0.25) is 0 Å². The fourth-order valence-corrected chi connectivity index (χ4v) is 3.61. The van der Waals surface area contributed by atoms with Crippen molar-refractivity contribution in [3.8, 4) is 0 Å². The predicted octanol–water partition coefficient (Wildman–Crippen LogP) is 7.51. The number of rotatable bonds is 7.